The summed E-state index contributed by atoms with van der Waals surface area (Å²) in [4.78, 5) is 144. The number of esters is 12. The van der Waals surface area contributed by atoms with Crippen molar-refractivity contribution in [2.45, 2.75) is 191 Å². The van der Waals surface area contributed by atoms with Gasteiger partial charge in [0.1, 0.15) is 37.1 Å². The van der Waals surface area contributed by atoms with Gasteiger partial charge in [0.25, 0.3) is 0 Å². The van der Waals surface area contributed by atoms with Crippen molar-refractivity contribution < 1.29 is 114 Å². The zero-order valence-electron chi connectivity index (χ0n) is 57.5. The Morgan fingerprint density at radius 1 is 0.468 bits per heavy atom. The lowest BCUT2D eigenvalue weighted by Gasteiger charge is -2.31. The number of fused-ring (bicyclic) bond motifs is 5. The van der Waals surface area contributed by atoms with Crippen molar-refractivity contribution in [1.29, 1.82) is 5.26 Å². The summed E-state index contributed by atoms with van der Waals surface area (Å²) in [5.74, 6) is -6.88. The molecule has 0 spiro atoms. The Morgan fingerprint density at radius 2 is 0.862 bits per heavy atom. The van der Waals surface area contributed by atoms with Gasteiger partial charge in [-0.05, 0) is 137 Å². The monoisotopic (exact) mass is 1330 g/mol. The van der Waals surface area contributed by atoms with Crippen LogP contribution in [0.3, 0.4) is 0 Å². The molecular formula is C69H99NO24. The molecule has 8 aliphatic carbocycles. The number of nitriles is 1. The molecule has 0 amide bonds. The summed E-state index contributed by atoms with van der Waals surface area (Å²) in [5.41, 5.74) is -2.13. The van der Waals surface area contributed by atoms with Crippen LogP contribution in [0.2, 0.25) is 0 Å². The third-order valence-corrected chi connectivity index (χ3v) is 22.9. The minimum Gasteiger partial charge on any atom is -0.469 e. The van der Waals surface area contributed by atoms with Crippen LogP contribution < -0.4 is 0 Å². The number of rotatable bonds is 20. The van der Waals surface area contributed by atoms with E-state index in [1.54, 1.807) is 27.7 Å². The minimum absolute atomic E-state index is 0.00793. The van der Waals surface area contributed by atoms with Crippen molar-refractivity contribution in [2.75, 3.05) is 48.3 Å². The van der Waals surface area contributed by atoms with Crippen LogP contribution in [0.4, 0.5) is 0 Å². The second kappa shape index (κ2) is 30.0. The van der Waals surface area contributed by atoms with Crippen LogP contribution in [0.25, 0.3) is 0 Å². The van der Waals surface area contributed by atoms with Gasteiger partial charge in [0.15, 0.2) is 6.61 Å². The number of carbonyl (C=O) groups excluding carboxylic acids is 12. The number of hydrogen-bond donors (Lipinski definition) is 0. The minimum atomic E-state index is -0.717. The highest BCUT2D eigenvalue weighted by Gasteiger charge is 2.72. The van der Waals surface area contributed by atoms with E-state index in [2.05, 4.69) is 10.8 Å². The molecule has 3 aliphatic heterocycles. The lowest BCUT2D eigenvalue weighted by atomic mass is 9.74. The van der Waals surface area contributed by atoms with Gasteiger partial charge >= 0.3 is 71.6 Å². The first-order valence-corrected chi connectivity index (χ1v) is 33.4. The summed E-state index contributed by atoms with van der Waals surface area (Å²) in [6.07, 6.45) is 7.23. The van der Waals surface area contributed by atoms with Crippen LogP contribution in [0, 0.1) is 128 Å². The fraction of sp³-hybridized carbons (Fsp3) is 0.812. The van der Waals surface area contributed by atoms with Crippen LogP contribution >= 0.6 is 0 Å². The molecule has 0 radical (unpaired) electrons. The zero-order valence-corrected chi connectivity index (χ0v) is 57.5. The maximum atomic E-state index is 12.2. The predicted octanol–water partition coefficient (Wildman–Crippen LogP) is 7.21. The van der Waals surface area contributed by atoms with Crippen molar-refractivity contribution >= 4 is 71.6 Å². The summed E-state index contributed by atoms with van der Waals surface area (Å²) < 4.78 is 61.9. The maximum Gasteiger partial charge on any atom is 0.344 e. The maximum absolute atomic E-state index is 12.2. The summed E-state index contributed by atoms with van der Waals surface area (Å²) in [6.45, 7) is 21.7. The van der Waals surface area contributed by atoms with E-state index in [-0.39, 0.29) is 108 Å². The first-order chi connectivity index (χ1) is 44.2. The Hall–Kier alpha value is -6.87. The van der Waals surface area contributed by atoms with Crippen LogP contribution in [-0.4, -0.2) is 150 Å². The molecule has 94 heavy (non-hydrogen) atoms. The SMILES string of the molecule is CCC(C)(C)C(=O)OC.CCC(C)(C)C(=O)OCC(=O)OC1C2CC3C1OC(=O)C3C2C(=O)OC.CCC(C)(C)C(=O)OCC1C2CC3C1OC(=O)C3C2C(=O)OC.CCC(C)(C)C(=O)OCCC(=O)OC1C2CC3C1OC(=O)C3C2C(=O)OC.N#CC1CC2CCC1C2. The fourth-order valence-corrected chi connectivity index (χ4v) is 15.8. The van der Waals surface area contributed by atoms with Crippen LogP contribution in [-0.2, 0) is 114 Å². The Balaban J connectivity index is 0.000000176. The van der Waals surface area contributed by atoms with Gasteiger partial charge in [-0.3, -0.25) is 52.7 Å². The Labute approximate surface area is 550 Å². The van der Waals surface area contributed by atoms with Gasteiger partial charge in [-0.1, -0.05) is 34.1 Å². The Morgan fingerprint density at radius 3 is 1.24 bits per heavy atom. The lowest BCUT2D eigenvalue weighted by Crippen LogP contribution is -2.44. The molecular weight excluding hydrogens is 1230 g/mol. The van der Waals surface area contributed by atoms with Crippen LogP contribution in [0.1, 0.15) is 160 Å². The number of hydrogen-bond acceptors (Lipinski definition) is 25. The van der Waals surface area contributed by atoms with Gasteiger partial charge in [-0.25, -0.2) is 4.79 Å². The number of ether oxygens (including phenoxy) is 12. The molecule has 8 bridgehead atoms. The largest absolute Gasteiger partial charge is 0.469 e. The van der Waals surface area contributed by atoms with E-state index in [1.807, 2.05) is 55.4 Å². The number of carbonyl (C=O) groups is 12. The molecule has 25 heteroatoms. The lowest BCUT2D eigenvalue weighted by molar-refractivity contribution is -0.174. The first-order valence-electron chi connectivity index (χ1n) is 33.4. The van der Waals surface area contributed by atoms with E-state index in [4.69, 9.17) is 57.4 Å². The third-order valence-electron chi connectivity index (χ3n) is 22.9. The number of methoxy groups -OCH3 is 4. The molecule has 11 rings (SSSR count). The van der Waals surface area contributed by atoms with E-state index >= 15 is 0 Å². The van der Waals surface area contributed by atoms with E-state index in [1.165, 1.54) is 54.1 Å². The average molecular weight is 1330 g/mol. The molecule has 11 aliphatic rings. The molecule has 11 fully saturated rings. The van der Waals surface area contributed by atoms with Crippen molar-refractivity contribution in [3.63, 3.8) is 0 Å². The summed E-state index contributed by atoms with van der Waals surface area (Å²) in [7, 11) is 5.30. The molecule has 25 nitrogen and oxygen atoms in total. The third kappa shape index (κ3) is 15.0. The molecule has 3 heterocycles. The fourth-order valence-electron chi connectivity index (χ4n) is 15.8. The highest BCUT2D eigenvalue weighted by Crippen LogP contribution is 2.62. The normalized spacial score (nSPS) is 33.9. The zero-order chi connectivity index (χ0) is 69.9. The van der Waals surface area contributed by atoms with Crippen molar-refractivity contribution in [3.05, 3.63) is 0 Å². The van der Waals surface area contributed by atoms with Crippen LogP contribution in [0.5, 0.6) is 0 Å². The Bertz CT molecular complexity index is 2920. The summed E-state index contributed by atoms with van der Waals surface area (Å²) in [6, 6.07) is 2.40. The highest BCUT2D eigenvalue weighted by molar-refractivity contribution is 5.88. The quantitative estimate of drug-likeness (QED) is 0.0858. The highest BCUT2D eigenvalue weighted by atomic mass is 16.6. The van der Waals surface area contributed by atoms with Gasteiger partial charge in [0, 0.05) is 41.4 Å². The Kier molecular flexibility index (Phi) is 23.8. The second-order valence-corrected chi connectivity index (χ2v) is 29.6. The first kappa shape index (κ1) is 74.5. The number of nitrogens with zero attached hydrogens (tertiary/aromatic N) is 1. The molecule has 21 unspecified atom stereocenters. The van der Waals surface area contributed by atoms with Gasteiger partial charge in [0.2, 0.25) is 0 Å². The molecule has 8 saturated carbocycles. The van der Waals surface area contributed by atoms with E-state index in [9.17, 15) is 57.5 Å². The van der Waals surface area contributed by atoms with Gasteiger partial charge in [-0.15, -0.1) is 0 Å². The van der Waals surface area contributed by atoms with Crippen molar-refractivity contribution in [2.24, 2.45) is 116 Å². The molecule has 0 aromatic heterocycles. The van der Waals surface area contributed by atoms with E-state index < -0.39 is 119 Å². The second-order valence-electron chi connectivity index (χ2n) is 29.6. The van der Waals surface area contributed by atoms with Crippen LogP contribution in [0.15, 0.2) is 0 Å². The van der Waals surface area contributed by atoms with Gasteiger partial charge in [0.05, 0.1) is 105 Å². The van der Waals surface area contributed by atoms with E-state index in [0.29, 0.717) is 38.0 Å². The van der Waals surface area contributed by atoms with Crippen molar-refractivity contribution in [3.8, 4) is 6.07 Å². The van der Waals surface area contributed by atoms with Crippen molar-refractivity contribution in [1.82, 2.24) is 0 Å². The van der Waals surface area contributed by atoms with Gasteiger partial charge in [-0.2, -0.15) is 5.26 Å². The predicted molar refractivity (Wildman–Crippen MR) is 325 cm³/mol. The molecule has 0 aromatic carbocycles. The molecule has 0 N–H and O–H groups in total. The van der Waals surface area contributed by atoms with E-state index in [0.717, 1.165) is 24.7 Å². The molecule has 3 saturated heterocycles. The standard InChI is InChI=1S/C19H26O8.C18H24O8.C17H24O6.C8H11N.C7H14O2/c1-5-19(2,3)18(23)25-7-6-11(20)26-14-9-8-10-13(12(9)16(21)24-4)17(22)27-15(10)14;1-5-18(2,3)17(22)24-7-10(19)25-13-8-6-9-12(11(8)15(20)23-4)16(21)26-14(9)13;1-5-17(2,3)16(20)22-7-10-8-6-9-12(11(8)14(18)21-4)15(19)23-13(9)10;9-5-8-4-6-1-2-7(8)3-6;1-5-7(2,3)6(8)9-4/h9-10,12-15H,5-8H2,1-4H3;8-9,11-14H,5-7H2,1-4H3;8-13H,5-7H2,1-4H3;6-8H,1-4H2;5H2,1-4H3. The molecule has 524 valence electrons. The topological polar surface area (TPSA) is 339 Å². The smallest absolute Gasteiger partial charge is 0.344 e. The molecule has 0 aromatic rings. The average Bonchev–Trinajstić information content (AvgIpc) is 1.57. The summed E-state index contributed by atoms with van der Waals surface area (Å²) >= 11 is 0. The van der Waals surface area contributed by atoms with Gasteiger partial charge < -0.3 is 56.8 Å². The summed E-state index contributed by atoms with van der Waals surface area (Å²) in [5, 5.41) is 8.64. The molecule has 21 atom stereocenters.